The Bertz CT molecular complexity index is 397. The number of sulfonamides is 1. The maximum absolute atomic E-state index is 11.9. The number of thiophene rings is 1. The summed E-state index contributed by atoms with van der Waals surface area (Å²) < 4.78 is 26.8. The second-order valence-electron chi connectivity index (χ2n) is 3.92. The first kappa shape index (κ1) is 15.0. The van der Waals surface area contributed by atoms with Crippen LogP contribution < -0.4 is 4.72 Å². The fraction of sp³-hybridized carbons (Fsp3) is 0.636. The first-order valence-corrected chi connectivity index (χ1v) is 8.59. The topological polar surface area (TPSA) is 46.2 Å². The largest absolute Gasteiger partial charge is 0.250 e. The zero-order chi connectivity index (χ0) is 12.7. The van der Waals surface area contributed by atoms with E-state index >= 15 is 0 Å². The Balaban J connectivity index is 2.53. The average molecular weight is 296 g/mol. The molecule has 0 spiro atoms. The van der Waals surface area contributed by atoms with E-state index in [9.17, 15) is 8.42 Å². The molecule has 0 aromatic carbocycles. The summed E-state index contributed by atoms with van der Waals surface area (Å²) in [4.78, 5) is 0. The van der Waals surface area contributed by atoms with Crippen molar-refractivity contribution in [2.24, 2.45) is 5.92 Å². The number of rotatable bonds is 8. The van der Waals surface area contributed by atoms with E-state index in [2.05, 4.69) is 11.6 Å². The molecule has 3 nitrogen and oxygen atoms in total. The second-order valence-corrected chi connectivity index (χ2v) is 7.24. The third-order valence-electron chi connectivity index (χ3n) is 2.54. The summed E-state index contributed by atoms with van der Waals surface area (Å²) in [5.74, 6) is 0.901. The number of hydrogen-bond acceptors (Lipinski definition) is 3. The third-order valence-corrected chi connectivity index (χ3v) is 5.58. The molecular weight excluding hydrogens is 278 g/mol. The van der Waals surface area contributed by atoms with Crippen LogP contribution in [-0.4, -0.2) is 20.8 Å². The summed E-state index contributed by atoms with van der Waals surface area (Å²) in [7, 11) is -3.32. The van der Waals surface area contributed by atoms with E-state index < -0.39 is 10.0 Å². The van der Waals surface area contributed by atoms with Crippen LogP contribution in [0.25, 0.3) is 0 Å². The lowest BCUT2D eigenvalue weighted by molar-refractivity contribution is 0.457. The summed E-state index contributed by atoms with van der Waals surface area (Å²) in [6, 6.07) is 3.35. The summed E-state index contributed by atoms with van der Waals surface area (Å²) in [6.45, 7) is 2.57. The highest BCUT2D eigenvalue weighted by Gasteiger charge is 2.17. The van der Waals surface area contributed by atoms with Crippen molar-refractivity contribution < 1.29 is 8.42 Å². The van der Waals surface area contributed by atoms with Crippen molar-refractivity contribution in [1.29, 1.82) is 0 Å². The lowest BCUT2D eigenvalue weighted by atomic mass is 10.0. The van der Waals surface area contributed by atoms with E-state index in [1.807, 2.05) is 0 Å². The minimum absolute atomic E-state index is 0.326. The molecule has 0 amide bonds. The van der Waals surface area contributed by atoms with Gasteiger partial charge in [0.25, 0.3) is 0 Å². The molecule has 0 bridgehead atoms. The van der Waals surface area contributed by atoms with E-state index in [-0.39, 0.29) is 0 Å². The smallest absolute Gasteiger partial charge is 0.210 e. The van der Waals surface area contributed by atoms with Crippen LogP contribution in [0.5, 0.6) is 0 Å². The van der Waals surface area contributed by atoms with Gasteiger partial charge in [-0.15, -0.1) is 22.9 Å². The molecule has 17 heavy (non-hydrogen) atoms. The van der Waals surface area contributed by atoms with E-state index in [0.717, 1.165) is 19.3 Å². The monoisotopic (exact) mass is 295 g/mol. The van der Waals surface area contributed by atoms with Gasteiger partial charge in [0.15, 0.2) is 0 Å². The fourth-order valence-corrected chi connectivity index (χ4v) is 4.09. The number of alkyl halides is 1. The van der Waals surface area contributed by atoms with Crippen LogP contribution in [0.3, 0.4) is 0 Å². The molecule has 0 aliphatic rings. The van der Waals surface area contributed by atoms with E-state index in [4.69, 9.17) is 11.6 Å². The fourth-order valence-electron chi connectivity index (χ4n) is 1.63. The summed E-state index contributed by atoms with van der Waals surface area (Å²) >= 11 is 6.94. The van der Waals surface area contributed by atoms with Gasteiger partial charge in [0, 0.05) is 12.4 Å². The van der Waals surface area contributed by atoms with Gasteiger partial charge in [-0.1, -0.05) is 19.4 Å². The van der Waals surface area contributed by atoms with Crippen molar-refractivity contribution in [2.75, 3.05) is 12.4 Å². The number of nitrogens with one attached hydrogen (secondary N) is 1. The first-order chi connectivity index (χ1) is 8.10. The first-order valence-electron chi connectivity index (χ1n) is 5.69. The Kier molecular flexibility index (Phi) is 6.48. The van der Waals surface area contributed by atoms with Crippen LogP contribution in [0, 0.1) is 5.92 Å². The summed E-state index contributed by atoms with van der Waals surface area (Å²) in [5, 5.41) is 1.76. The predicted molar refractivity (Wildman–Crippen MR) is 73.2 cm³/mol. The molecule has 0 saturated carbocycles. The predicted octanol–water partition coefficient (Wildman–Crippen LogP) is 3.07. The van der Waals surface area contributed by atoms with Crippen LogP contribution in [0.1, 0.15) is 26.2 Å². The van der Waals surface area contributed by atoms with Crippen LogP contribution in [0.4, 0.5) is 0 Å². The minimum atomic E-state index is -3.32. The third kappa shape index (κ3) is 4.95. The maximum Gasteiger partial charge on any atom is 0.250 e. The molecule has 1 rings (SSSR count). The molecule has 0 saturated heterocycles. The molecule has 98 valence electrons. The van der Waals surface area contributed by atoms with Gasteiger partial charge in [-0.3, -0.25) is 0 Å². The molecule has 1 aromatic heterocycles. The normalized spacial score (nSPS) is 13.8. The quantitative estimate of drug-likeness (QED) is 0.749. The molecule has 0 radical (unpaired) electrons. The summed E-state index contributed by atoms with van der Waals surface area (Å²) in [6.07, 6.45) is 2.89. The van der Waals surface area contributed by atoms with Gasteiger partial charge < -0.3 is 0 Å². The van der Waals surface area contributed by atoms with Crippen molar-refractivity contribution >= 4 is 33.0 Å². The molecule has 0 aliphatic carbocycles. The SMILES string of the molecule is CCCC(CCCl)CNS(=O)(=O)c1cccs1. The van der Waals surface area contributed by atoms with E-state index in [1.165, 1.54) is 11.3 Å². The Morgan fingerprint density at radius 1 is 1.47 bits per heavy atom. The van der Waals surface area contributed by atoms with Gasteiger partial charge in [0.2, 0.25) is 10.0 Å². The molecule has 1 N–H and O–H groups in total. The zero-order valence-corrected chi connectivity index (χ0v) is 12.2. The molecule has 1 unspecified atom stereocenters. The Morgan fingerprint density at radius 2 is 2.24 bits per heavy atom. The number of hydrogen-bond donors (Lipinski definition) is 1. The Hall–Kier alpha value is -0.100. The highest BCUT2D eigenvalue weighted by atomic mass is 35.5. The van der Waals surface area contributed by atoms with Crippen molar-refractivity contribution in [3.05, 3.63) is 17.5 Å². The van der Waals surface area contributed by atoms with Crippen LogP contribution in [-0.2, 0) is 10.0 Å². The van der Waals surface area contributed by atoms with Gasteiger partial charge in [-0.25, -0.2) is 13.1 Å². The lowest BCUT2D eigenvalue weighted by Crippen LogP contribution is -2.29. The lowest BCUT2D eigenvalue weighted by Gasteiger charge is -2.15. The molecule has 0 fully saturated rings. The van der Waals surface area contributed by atoms with Gasteiger partial charge >= 0.3 is 0 Å². The maximum atomic E-state index is 11.9. The Labute approximate surface area is 112 Å². The zero-order valence-electron chi connectivity index (χ0n) is 9.86. The van der Waals surface area contributed by atoms with Crippen LogP contribution >= 0.6 is 22.9 Å². The van der Waals surface area contributed by atoms with Gasteiger partial charge in [0.05, 0.1) is 0 Å². The standard InChI is InChI=1S/C11H18ClNO2S2/c1-2-4-10(6-7-12)9-13-17(14,15)11-5-3-8-16-11/h3,5,8,10,13H,2,4,6-7,9H2,1H3. The van der Waals surface area contributed by atoms with Crippen molar-refractivity contribution in [3.8, 4) is 0 Å². The van der Waals surface area contributed by atoms with Crippen LogP contribution in [0.15, 0.2) is 21.7 Å². The second kappa shape index (κ2) is 7.36. The molecule has 1 atom stereocenters. The average Bonchev–Trinajstić information content (AvgIpc) is 2.81. The Morgan fingerprint density at radius 3 is 2.76 bits per heavy atom. The molecule has 1 heterocycles. The molecule has 6 heteroatoms. The highest BCUT2D eigenvalue weighted by Crippen LogP contribution is 2.17. The van der Waals surface area contributed by atoms with E-state index in [1.54, 1.807) is 17.5 Å². The molecular formula is C11H18ClNO2S2. The highest BCUT2D eigenvalue weighted by molar-refractivity contribution is 7.91. The van der Waals surface area contributed by atoms with E-state index in [0.29, 0.717) is 22.6 Å². The minimum Gasteiger partial charge on any atom is -0.210 e. The molecule has 0 aliphatic heterocycles. The summed E-state index contributed by atoms with van der Waals surface area (Å²) in [5.41, 5.74) is 0. The van der Waals surface area contributed by atoms with Crippen molar-refractivity contribution in [3.63, 3.8) is 0 Å². The van der Waals surface area contributed by atoms with Gasteiger partial charge in [-0.2, -0.15) is 0 Å². The van der Waals surface area contributed by atoms with Crippen molar-refractivity contribution in [2.45, 2.75) is 30.4 Å². The molecule has 1 aromatic rings. The van der Waals surface area contributed by atoms with Gasteiger partial charge in [0.1, 0.15) is 4.21 Å². The number of halogens is 1. The van der Waals surface area contributed by atoms with Gasteiger partial charge in [-0.05, 0) is 30.2 Å². The van der Waals surface area contributed by atoms with Crippen molar-refractivity contribution in [1.82, 2.24) is 4.72 Å². The van der Waals surface area contributed by atoms with Crippen LogP contribution in [0.2, 0.25) is 0 Å².